The molecule has 0 saturated carbocycles. The van der Waals surface area contributed by atoms with Gasteiger partial charge in [-0.05, 0) is 59.4 Å². The van der Waals surface area contributed by atoms with Crippen LogP contribution in [0.15, 0.2) is 66.7 Å². The van der Waals surface area contributed by atoms with Gasteiger partial charge in [0, 0.05) is 38.0 Å². The van der Waals surface area contributed by atoms with E-state index in [2.05, 4.69) is 10.6 Å². The Balaban J connectivity index is 1.57. The molecule has 3 aromatic carbocycles. The van der Waals surface area contributed by atoms with Crippen molar-refractivity contribution in [3.63, 3.8) is 0 Å². The molecule has 5 N–H and O–H groups in total. The van der Waals surface area contributed by atoms with Gasteiger partial charge in [0.15, 0.2) is 0 Å². The number of carbonyl (C=O) groups excluding carboxylic acids is 2. The van der Waals surface area contributed by atoms with Crippen molar-refractivity contribution in [1.29, 1.82) is 0 Å². The Hall–Kier alpha value is -3.77. The minimum absolute atomic E-state index is 0.0465. The number of amides is 2. The third-order valence-corrected chi connectivity index (χ3v) is 7.72. The van der Waals surface area contributed by atoms with Crippen LogP contribution in [0, 0.1) is 0 Å². The van der Waals surface area contributed by atoms with Crippen molar-refractivity contribution >= 4 is 11.8 Å². The molecule has 4 rings (SSSR count). The second-order valence-electron chi connectivity index (χ2n) is 11.8. The first kappa shape index (κ1) is 33.1. The van der Waals surface area contributed by atoms with Crippen LogP contribution in [0.1, 0.15) is 48.1 Å². The zero-order valence-corrected chi connectivity index (χ0v) is 24.7. The highest BCUT2D eigenvalue weighted by Crippen LogP contribution is 2.33. The molecule has 8 nitrogen and oxygen atoms in total. The molecule has 0 bridgehead atoms. The number of aliphatic hydroxyl groups is 3. The molecule has 0 spiro atoms. The monoisotopic (exact) mass is 613 g/mol. The van der Waals surface area contributed by atoms with Gasteiger partial charge in [0.2, 0.25) is 11.8 Å². The summed E-state index contributed by atoms with van der Waals surface area (Å²) < 4.78 is 40.6. The van der Waals surface area contributed by atoms with Crippen LogP contribution >= 0.6 is 0 Å². The number of aliphatic hydroxyl groups excluding tert-OH is 3. The van der Waals surface area contributed by atoms with E-state index < -0.39 is 47.8 Å². The number of nitrogens with one attached hydrogen (secondary N) is 2. The number of carbonyl (C=O) groups is 2. The minimum Gasteiger partial charge on any atom is -0.394 e. The van der Waals surface area contributed by atoms with Crippen molar-refractivity contribution in [3.05, 3.63) is 94.5 Å². The Labute approximate surface area is 254 Å². The molecule has 0 fully saturated rings. The van der Waals surface area contributed by atoms with Crippen LogP contribution < -0.4 is 10.6 Å². The lowest BCUT2D eigenvalue weighted by Crippen LogP contribution is -2.51. The number of nitrogens with zero attached hydrogens (tertiary/aromatic N) is 1. The first-order valence-electron chi connectivity index (χ1n) is 14.4. The summed E-state index contributed by atoms with van der Waals surface area (Å²) in [4.78, 5) is 28.4. The summed E-state index contributed by atoms with van der Waals surface area (Å²) in [5.41, 5.74) is 2.61. The number of halogens is 3. The maximum atomic E-state index is 13.8. The molecule has 1 aliphatic heterocycles. The molecular weight excluding hydrogens is 575 g/mol. The third kappa shape index (κ3) is 8.44. The zero-order chi connectivity index (χ0) is 32.1. The molecule has 0 unspecified atom stereocenters. The van der Waals surface area contributed by atoms with Gasteiger partial charge < -0.3 is 30.9 Å². The fourth-order valence-corrected chi connectivity index (χ4v) is 5.32. The Morgan fingerprint density at radius 2 is 1.73 bits per heavy atom. The van der Waals surface area contributed by atoms with Crippen LogP contribution in [0.4, 0.5) is 13.2 Å². The van der Waals surface area contributed by atoms with E-state index in [-0.39, 0.29) is 39.1 Å². The average molecular weight is 614 g/mol. The van der Waals surface area contributed by atoms with Crippen molar-refractivity contribution in [1.82, 2.24) is 15.5 Å². The molecule has 236 valence electrons. The number of alkyl halides is 3. The van der Waals surface area contributed by atoms with Gasteiger partial charge in [-0.25, -0.2) is 0 Å². The van der Waals surface area contributed by atoms with Crippen molar-refractivity contribution in [2.45, 2.75) is 70.2 Å². The molecule has 11 heteroatoms. The molecule has 0 aliphatic carbocycles. The lowest BCUT2D eigenvalue weighted by Gasteiger charge is -2.29. The molecule has 1 aliphatic rings. The highest BCUT2D eigenvalue weighted by Gasteiger charge is 2.35. The molecule has 2 atom stereocenters. The van der Waals surface area contributed by atoms with Crippen LogP contribution in [-0.2, 0) is 41.9 Å². The molecule has 3 aromatic rings. The lowest BCUT2D eigenvalue weighted by atomic mass is 9.97. The highest BCUT2D eigenvalue weighted by atomic mass is 19.4. The standard InChI is InChI=1S/C33H38F3N3O5/c1-32(2,37-16-27(42)20-41)15-30(43)38-29-14-25-13-26(33(34,35)36)12-11-23(25)18-39(31(29)44)17-21-7-9-22(10-8-21)28-6-4-3-5-24(28)19-40/h3-13,27,29,37,40-42H,14-20H2,1-2H3,(H,38,43)/t27-,29+/m0/s1. The fraction of sp³-hybridized carbons (Fsp3) is 0.394. The molecule has 0 aromatic heterocycles. The summed E-state index contributed by atoms with van der Waals surface area (Å²) in [6, 6.07) is 17.3. The van der Waals surface area contributed by atoms with Gasteiger partial charge in [-0.2, -0.15) is 13.2 Å². The van der Waals surface area contributed by atoms with E-state index in [1.165, 1.54) is 11.0 Å². The van der Waals surface area contributed by atoms with E-state index in [9.17, 15) is 33.0 Å². The molecular formula is C33H38F3N3O5. The first-order chi connectivity index (χ1) is 20.8. The fourth-order valence-electron chi connectivity index (χ4n) is 5.32. The van der Waals surface area contributed by atoms with Crippen LogP contribution in [0.2, 0.25) is 0 Å². The summed E-state index contributed by atoms with van der Waals surface area (Å²) in [5.74, 6) is -0.902. The third-order valence-electron chi connectivity index (χ3n) is 7.72. The van der Waals surface area contributed by atoms with E-state index in [1.807, 2.05) is 48.5 Å². The predicted molar refractivity (Wildman–Crippen MR) is 159 cm³/mol. The molecule has 1 heterocycles. The highest BCUT2D eigenvalue weighted by molar-refractivity contribution is 5.89. The largest absolute Gasteiger partial charge is 0.416 e. The van der Waals surface area contributed by atoms with Crippen LogP contribution in [0.3, 0.4) is 0 Å². The van der Waals surface area contributed by atoms with Gasteiger partial charge in [0.1, 0.15) is 6.04 Å². The van der Waals surface area contributed by atoms with Crippen molar-refractivity contribution in [3.8, 4) is 11.1 Å². The van der Waals surface area contributed by atoms with Gasteiger partial charge in [-0.1, -0.05) is 54.6 Å². The van der Waals surface area contributed by atoms with E-state index in [1.54, 1.807) is 13.8 Å². The number of hydrogen-bond donors (Lipinski definition) is 5. The van der Waals surface area contributed by atoms with E-state index in [4.69, 9.17) is 5.11 Å². The minimum atomic E-state index is -4.56. The Bertz CT molecular complexity index is 1460. The van der Waals surface area contributed by atoms with Crippen molar-refractivity contribution in [2.24, 2.45) is 0 Å². The SMILES string of the molecule is CC(C)(CC(=O)N[C@@H]1Cc2cc(C(F)(F)F)ccc2CN(Cc2ccc(-c3ccccc3CO)cc2)C1=O)NC[C@H](O)CO. The van der Waals surface area contributed by atoms with Gasteiger partial charge in [0.05, 0.1) is 24.9 Å². The van der Waals surface area contributed by atoms with Gasteiger partial charge in [-0.15, -0.1) is 0 Å². The van der Waals surface area contributed by atoms with Crippen LogP contribution in [0.25, 0.3) is 11.1 Å². The summed E-state index contributed by atoms with van der Waals surface area (Å²) in [5, 5.41) is 34.1. The Morgan fingerprint density at radius 3 is 2.39 bits per heavy atom. The van der Waals surface area contributed by atoms with E-state index in [0.717, 1.165) is 34.4 Å². The predicted octanol–water partition coefficient (Wildman–Crippen LogP) is 3.55. The summed E-state index contributed by atoms with van der Waals surface area (Å²) in [6.07, 6.45) is -5.75. The summed E-state index contributed by atoms with van der Waals surface area (Å²) >= 11 is 0. The van der Waals surface area contributed by atoms with Crippen molar-refractivity contribution < 1.29 is 38.1 Å². The number of rotatable bonds is 11. The maximum absolute atomic E-state index is 13.8. The lowest BCUT2D eigenvalue weighted by molar-refractivity contribution is -0.137. The van der Waals surface area contributed by atoms with Crippen LogP contribution in [-0.4, -0.2) is 62.9 Å². The second-order valence-corrected chi connectivity index (χ2v) is 11.8. The van der Waals surface area contributed by atoms with Gasteiger partial charge in [0.25, 0.3) is 0 Å². The quantitative estimate of drug-likeness (QED) is 0.226. The number of β-amino-alcohol motifs (C(OH)–C–C–N with tert-alkyl or cyclic N) is 1. The normalized spacial score (nSPS) is 16.3. The number of fused-ring (bicyclic) bond motifs is 1. The summed E-state index contributed by atoms with van der Waals surface area (Å²) in [6.45, 7) is 3.18. The number of benzene rings is 3. The first-order valence-corrected chi connectivity index (χ1v) is 14.4. The number of hydrogen-bond acceptors (Lipinski definition) is 6. The zero-order valence-electron chi connectivity index (χ0n) is 24.7. The van der Waals surface area contributed by atoms with Gasteiger partial charge >= 0.3 is 6.18 Å². The maximum Gasteiger partial charge on any atom is 0.416 e. The Kier molecular flexibility index (Phi) is 10.5. The Morgan fingerprint density at radius 1 is 1.02 bits per heavy atom. The molecule has 44 heavy (non-hydrogen) atoms. The molecule has 2 amide bonds. The molecule has 0 radical (unpaired) electrons. The van der Waals surface area contributed by atoms with Gasteiger partial charge in [-0.3, -0.25) is 9.59 Å². The molecule has 0 saturated heterocycles. The topological polar surface area (TPSA) is 122 Å². The smallest absolute Gasteiger partial charge is 0.394 e. The van der Waals surface area contributed by atoms with E-state index >= 15 is 0 Å². The summed E-state index contributed by atoms with van der Waals surface area (Å²) in [7, 11) is 0. The van der Waals surface area contributed by atoms with Crippen molar-refractivity contribution in [2.75, 3.05) is 13.2 Å². The van der Waals surface area contributed by atoms with E-state index in [0.29, 0.717) is 11.1 Å². The van der Waals surface area contributed by atoms with Crippen LogP contribution in [0.5, 0.6) is 0 Å². The second kappa shape index (κ2) is 13.9. The average Bonchev–Trinajstić information content (AvgIpc) is 3.11.